The summed E-state index contributed by atoms with van der Waals surface area (Å²) in [5.41, 5.74) is 3.57. The van der Waals surface area contributed by atoms with Gasteiger partial charge in [0.15, 0.2) is 0 Å². The highest BCUT2D eigenvalue weighted by Gasteiger charge is 2.47. The Morgan fingerprint density at radius 2 is 1.62 bits per heavy atom. The monoisotopic (exact) mass is 499 g/mol. The second-order valence-corrected chi connectivity index (χ2v) is 10.2. The van der Waals surface area contributed by atoms with Gasteiger partial charge in [0, 0.05) is 5.69 Å². The Hall–Kier alpha value is -4.06. The third-order valence-corrected chi connectivity index (χ3v) is 6.57. The van der Waals surface area contributed by atoms with E-state index in [0.29, 0.717) is 34.9 Å². The van der Waals surface area contributed by atoms with Gasteiger partial charge in [-0.15, -0.1) is 0 Å². The maximum absolute atomic E-state index is 13.5. The van der Waals surface area contributed by atoms with Gasteiger partial charge in [0.2, 0.25) is 0 Å². The lowest BCUT2D eigenvalue weighted by Crippen LogP contribution is -2.29. The molecule has 1 unspecified atom stereocenters. The fraction of sp³-hybridized carbons (Fsp3) is 0.290. The van der Waals surface area contributed by atoms with Crippen molar-refractivity contribution in [1.82, 2.24) is 0 Å². The summed E-state index contributed by atoms with van der Waals surface area (Å²) in [6.07, 6.45) is 0. The number of aliphatic hydroxyl groups excluding tert-OH is 1. The van der Waals surface area contributed by atoms with Crippen LogP contribution in [-0.4, -0.2) is 30.5 Å². The molecule has 1 N–H and O–H groups in total. The fourth-order valence-electron chi connectivity index (χ4n) is 4.60. The first kappa shape index (κ1) is 26.0. The van der Waals surface area contributed by atoms with Crippen molar-refractivity contribution in [3.63, 3.8) is 0 Å². The molecule has 0 radical (unpaired) electrons. The molecular weight excluding hydrogens is 466 g/mol. The lowest BCUT2D eigenvalue weighted by Gasteiger charge is -2.27. The minimum absolute atomic E-state index is 0.0197. The van der Waals surface area contributed by atoms with E-state index in [4.69, 9.17) is 9.47 Å². The topological polar surface area (TPSA) is 76.1 Å². The number of carbonyl (C=O) groups excluding carboxylic acids is 2. The van der Waals surface area contributed by atoms with Gasteiger partial charge in [-0.05, 0) is 66.8 Å². The summed E-state index contributed by atoms with van der Waals surface area (Å²) in [6, 6.07) is 19.4. The van der Waals surface area contributed by atoms with Crippen molar-refractivity contribution in [3.8, 4) is 11.5 Å². The summed E-state index contributed by atoms with van der Waals surface area (Å²) in [5, 5.41) is 11.5. The van der Waals surface area contributed by atoms with Gasteiger partial charge in [0.25, 0.3) is 11.7 Å². The van der Waals surface area contributed by atoms with Crippen molar-refractivity contribution < 1.29 is 24.2 Å². The molecule has 1 fully saturated rings. The number of ketones is 1. The van der Waals surface area contributed by atoms with E-state index in [-0.39, 0.29) is 16.7 Å². The Morgan fingerprint density at radius 1 is 0.973 bits per heavy atom. The lowest BCUT2D eigenvalue weighted by atomic mass is 9.85. The second-order valence-electron chi connectivity index (χ2n) is 10.2. The smallest absolute Gasteiger partial charge is 0.300 e. The minimum Gasteiger partial charge on any atom is -0.507 e. The van der Waals surface area contributed by atoms with Crippen LogP contribution in [0.25, 0.3) is 5.76 Å². The average molecular weight is 500 g/mol. The molecule has 3 aromatic rings. The summed E-state index contributed by atoms with van der Waals surface area (Å²) in [7, 11) is 1.50. The molecular formula is C31H33NO5. The Morgan fingerprint density at radius 3 is 2.19 bits per heavy atom. The van der Waals surface area contributed by atoms with E-state index in [1.54, 1.807) is 36.4 Å². The van der Waals surface area contributed by atoms with Gasteiger partial charge in [-0.1, -0.05) is 56.7 Å². The third kappa shape index (κ3) is 4.96. The number of hydrogen-bond donors (Lipinski definition) is 1. The van der Waals surface area contributed by atoms with Crippen LogP contribution in [0, 0.1) is 6.92 Å². The standard InChI is InChI=1S/C31H33NO5/c1-7-37-23-15-13-22(14-16-23)32-27(20-9-11-21(12-10-20)31(3,4)5)26(29(34)30(32)35)28(33)24-18-19(2)8-17-25(24)36-6/h8-18,27,33H,7H2,1-6H3/b28-26+. The average Bonchev–Trinajstić information content (AvgIpc) is 3.14. The van der Waals surface area contributed by atoms with Gasteiger partial charge in [-0.25, -0.2) is 0 Å². The molecule has 1 saturated heterocycles. The van der Waals surface area contributed by atoms with Crippen LogP contribution < -0.4 is 14.4 Å². The van der Waals surface area contributed by atoms with E-state index >= 15 is 0 Å². The van der Waals surface area contributed by atoms with Gasteiger partial charge in [0.1, 0.15) is 17.3 Å². The van der Waals surface area contributed by atoms with Crippen molar-refractivity contribution >= 4 is 23.1 Å². The number of rotatable bonds is 6. The molecule has 0 spiro atoms. The first-order valence-corrected chi connectivity index (χ1v) is 12.4. The van der Waals surface area contributed by atoms with Crippen LogP contribution >= 0.6 is 0 Å². The van der Waals surface area contributed by atoms with Crippen LogP contribution in [0.2, 0.25) is 0 Å². The zero-order valence-electron chi connectivity index (χ0n) is 22.2. The van der Waals surface area contributed by atoms with Gasteiger partial charge in [0.05, 0.1) is 30.9 Å². The number of hydrogen-bond acceptors (Lipinski definition) is 5. The van der Waals surface area contributed by atoms with Crippen molar-refractivity contribution in [2.24, 2.45) is 0 Å². The molecule has 4 rings (SSSR count). The summed E-state index contributed by atoms with van der Waals surface area (Å²) in [6.45, 7) is 10.7. The van der Waals surface area contributed by atoms with Gasteiger partial charge < -0.3 is 14.6 Å². The highest BCUT2D eigenvalue weighted by atomic mass is 16.5. The van der Waals surface area contributed by atoms with E-state index in [9.17, 15) is 14.7 Å². The number of aryl methyl sites for hydroxylation is 1. The van der Waals surface area contributed by atoms with Crippen molar-refractivity contribution in [2.45, 2.75) is 46.1 Å². The van der Waals surface area contributed by atoms with Crippen LogP contribution in [0.1, 0.15) is 56.0 Å². The van der Waals surface area contributed by atoms with E-state index in [2.05, 4.69) is 20.8 Å². The van der Waals surface area contributed by atoms with E-state index in [0.717, 1.165) is 11.1 Å². The molecule has 0 bridgehead atoms. The SMILES string of the molecule is CCOc1ccc(N2C(=O)C(=O)/C(=C(/O)c3cc(C)ccc3OC)C2c2ccc(C(C)(C)C)cc2)cc1. The molecule has 6 nitrogen and oxygen atoms in total. The highest BCUT2D eigenvalue weighted by molar-refractivity contribution is 6.51. The van der Waals surface area contributed by atoms with Crippen LogP contribution in [-0.2, 0) is 15.0 Å². The maximum Gasteiger partial charge on any atom is 0.300 e. The molecule has 1 heterocycles. The molecule has 1 aliphatic rings. The third-order valence-electron chi connectivity index (χ3n) is 6.57. The zero-order chi connectivity index (χ0) is 26.9. The van der Waals surface area contributed by atoms with Gasteiger partial charge in [-0.3, -0.25) is 14.5 Å². The predicted octanol–water partition coefficient (Wildman–Crippen LogP) is 6.33. The van der Waals surface area contributed by atoms with Crippen LogP contribution in [0.5, 0.6) is 11.5 Å². The molecule has 0 saturated carbocycles. The number of aliphatic hydroxyl groups is 1. The first-order valence-electron chi connectivity index (χ1n) is 12.4. The second kappa shape index (κ2) is 10.1. The molecule has 0 aliphatic carbocycles. The van der Waals surface area contributed by atoms with Crippen molar-refractivity contribution in [2.75, 3.05) is 18.6 Å². The molecule has 1 aliphatic heterocycles. The van der Waals surface area contributed by atoms with Crippen LogP contribution in [0.4, 0.5) is 5.69 Å². The van der Waals surface area contributed by atoms with E-state index in [1.807, 2.05) is 44.2 Å². The quantitative estimate of drug-likeness (QED) is 0.244. The van der Waals surface area contributed by atoms with E-state index < -0.39 is 17.7 Å². The number of amides is 1. The summed E-state index contributed by atoms with van der Waals surface area (Å²) in [5.74, 6) is -0.644. The molecule has 1 amide bonds. The first-order chi connectivity index (χ1) is 17.6. The number of nitrogens with zero attached hydrogens (tertiary/aromatic N) is 1. The number of ether oxygens (including phenoxy) is 2. The van der Waals surface area contributed by atoms with Crippen LogP contribution in [0.3, 0.4) is 0 Å². The molecule has 3 aromatic carbocycles. The zero-order valence-corrected chi connectivity index (χ0v) is 22.2. The van der Waals surface area contributed by atoms with Crippen molar-refractivity contribution in [3.05, 3.63) is 94.6 Å². The highest BCUT2D eigenvalue weighted by Crippen LogP contribution is 2.44. The fourth-order valence-corrected chi connectivity index (χ4v) is 4.60. The maximum atomic E-state index is 13.5. The van der Waals surface area contributed by atoms with Gasteiger partial charge >= 0.3 is 0 Å². The summed E-state index contributed by atoms with van der Waals surface area (Å²) in [4.78, 5) is 28.4. The number of benzene rings is 3. The Balaban J connectivity index is 1.93. The number of anilines is 1. The molecule has 192 valence electrons. The minimum atomic E-state index is -0.822. The van der Waals surface area contributed by atoms with Gasteiger partial charge in [-0.2, -0.15) is 0 Å². The number of methoxy groups -OCH3 is 1. The molecule has 1 atom stereocenters. The largest absolute Gasteiger partial charge is 0.507 e. The molecule has 6 heteroatoms. The van der Waals surface area contributed by atoms with Crippen LogP contribution in [0.15, 0.2) is 72.3 Å². The van der Waals surface area contributed by atoms with E-state index in [1.165, 1.54) is 12.0 Å². The Bertz CT molecular complexity index is 1350. The number of carbonyl (C=O) groups is 2. The molecule has 0 aromatic heterocycles. The number of Topliss-reactive ketones (excluding diaryl/α,β-unsaturated/α-hetero) is 1. The normalized spacial score (nSPS) is 17.2. The summed E-state index contributed by atoms with van der Waals surface area (Å²) < 4.78 is 11.0. The molecule has 37 heavy (non-hydrogen) atoms. The Kier molecular flexibility index (Phi) is 7.12. The van der Waals surface area contributed by atoms with Crippen molar-refractivity contribution in [1.29, 1.82) is 0 Å². The predicted molar refractivity (Wildman–Crippen MR) is 145 cm³/mol. The lowest BCUT2D eigenvalue weighted by molar-refractivity contribution is -0.132. The summed E-state index contributed by atoms with van der Waals surface area (Å²) >= 11 is 0. The Labute approximate surface area is 218 Å².